The van der Waals surface area contributed by atoms with Crippen LogP contribution in [0.25, 0.3) is 0 Å². The van der Waals surface area contributed by atoms with Gasteiger partial charge in [0.2, 0.25) is 0 Å². The predicted octanol–water partition coefficient (Wildman–Crippen LogP) is 1.78. The van der Waals surface area contributed by atoms with Crippen molar-refractivity contribution in [2.24, 2.45) is 0 Å². The van der Waals surface area contributed by atoms with Crippen LogP contribution < -0.4 is 5.23 Å². The van der Waals surface area contributed by atoms with Crippen LogP contribution in [0.1, 0.15) is 23.6 Å². The molecule has 2 aliphatic rings. The first-order valence-electron chi connectivity index (χ1n) is 5.34. The van der Waals surface area contributed by atoms with Crippen molar-refractivity contribution in [3.8, 4) is 0 Å². The number of benzene rings is 1. The summed E-state index contributed by atoms with van der Waals surface area (Å²) in [6.45, 7) is 2.08. The first kappa shape index (κ1) is 8.51. The van der Waals surface area contributed by atoms with Gasteiger partial charge in [0, 0.05) is 6.04 Å². The molecule has 0 amide bonds. The van der Waals surface area contributed by atoms with Crippen LogP contribution in [0, 0.1) is 0 Å². The van der Waals surface area contributed by atoms with Crippen LogP contribution in [0.3, 0.4) is 0 Å². The van der Waals surface area contributed by atoms with Crippen molar-refractivity contribution in [3.05, 3.63) is 35.4 Å². The molecule has 2 nitrogen and oxygen atoms in total. The van der Waals surface area contributed by atoms with Crippen molar-refractivity contribution in [1.82, 2.24) is 5.23 Å². The second-order valence-electron chi connectivity index (χ2n) is 4.20. The largest absolute Gasteiger partial charge is 0.417 e. The standard InChI is InChI=1S/C11H14BNO/c1-12-13-11-9-5-3-2-4-8(9)6-7-10(11)14-12/h2-5,10-11,13H,6-7H2,1H3/t10-,11+/m0/s1. The van der Waals surface area contributed by atoms with E-state index < -0.39 is 0 Å². The van der Waals surface area contributed by atoms with Crippen molar-refractivity contribution in [2.45, 2.75) is 31.8 Å². The van der Waals surface area contributed by atoms with Crippen molar-refractivity contribution in [2.75, 3.05) is 0 Å². The fraction of sp³-hybridized carbons (Fsp3) is 0.455. The van der Waals surface area contributed by atoms with Crippen LogP contribution in [0.5, 0.6) is 0 Å². The fourth-order valence-electron chi connectivity index (χ4n) is 2.63. The number of hydrogen-bond donors (Lipinski definition) is 1. The minimum Gasteiger partial charge on any atom is -0.417 e. The van der Waals surface area contributed by atoms with Crippen LogP contribution in [-0.2, 0) is 11.1 Å². The van der Waals surface area contributed by atoms with Gasteiger partial charge in [-0.3, -0.25) is 0 Å². The van der Waals surface area contributed by atoms with Gasteiger partial charge in [0.15, 0.2) is 0 Å². The summed E-state index contributed by atoms with van der Waals surface area (Å²) in [5.74, 6) is 0. The monoisotopic (exact) mass is 187 g/mol. The van der Waals surface area contributed by atoms with Gasteiger partial charge in [0.25, 0.3) is 0 Å². The molecule has 2 atom stereocenters. The summed E-state index contributed by atoms with van der Waals surface area (Å²) in [5.41, 5.74) is 2.92. The van der Waals surface area contributed by atoms with Gasteiger partial charge in [-0.1, -0.05) is 24.3 Å². The second kappa shape index (κ2) is 3.11. The third-order valence-electron chi connectivity index (χ3n) is 3.25. The average molecular weight is 187 g/mol. The Balaban J connectivity index is 2.01. The maximum Gasteiger partial charge on any atom is 0.377 e. The lowest BCUT2D eigenvalue weighted by molar-refractivity contribution is 0.191. The molecule has 14 heavy (non-hydrogen) atoms. The molecule has 0 saturated carbocycles. The topological polar surface area (TPSA) is 21.3 Å². The van der Waals surface area contributed by atoms with E-state index in [0.717, 1.165) is 12.8 Å². The quantitative estimate of drug-likeness (QED) is 0.625. The van der Waals surface area contributed by atoms with Gasteiger partial charge in [0.1, 0.15) is 0 Å². The highest BCUT2D eigenvalue weighted by Gasteiger charge is 2.38. The zero-order valence-corrected chi connectivity index (χ0v) is 8.36. The third kappa shape index (κ3) is 1.20. The zero-order chi connectivity index (χ0) is 9.54. The fourth-order valence-corrected chi connectivity index (χ4v) is 2.63. The average Bonchev–Trinajstić information content (AvgIpc) is 2.59. The molecule has 1 aliphatic heterocycles. The van der Waals surface area contributed by atoms with E-state index in [4.69, 9.17) is 4.65 Å². The summed E-state index contributed by atoms with van der Waals surface area (Å²) < 4.78 is 5.81. The summed E-state index contributed by atoms with van der Waals surface area (Å²) in [6, 6.07) is 9.12. The van der Waals surface area contributed by atoms with Crippen molar-refractivity contribution in [3.63, 3.8) is 0 Å². The Morgan fingerprint density at radius 3 is 3.21 bits per heavy atom. The van der Waals surface area contributed by atoms with Gasteiger partial charge < -0.3 is 9.88 Å². The molecule has 1 aliphatic carbocycles. The molecular formula is C11H14BNO. The first-order chi connectivity index (χ1) is 6.84. The Morgan fingerprint density at radius 2 is 2.29 bits per heavy atom. The molecular weight excluding hydrogens is 173 g/mol. The SMILES string of the molecule is CB1N[C@@H]2c3ccccc3CC[C@@H]2O1. The number of nitrogens with one attached hydrogen (secondary N) is 1. The lowest BCUT2D eigenvalue weighted by atomic mass is 9.84. The van der Waals surface area contributed by atoms with E-state index >= 15 is 0 Å². The normalized spacial score (nSPS) is 29.9. The molecule has 0 bridgehead atoms. The van der Waals surface area contributed by atoms with Crippen molar-refractivity contribution in [1.29, 1.82) is 0 Å². The van der Waals surface area contributed by atoms with Gasteiger partial charge >= 0.3 is 7.05 Å². The smallest absolute Gasteiger partial charge is 0.377 e. The summed E-state index contributed by atoms with van der Waals surface area (Å²) in [4.78, 5) is 0. The Morgan fingerprint density at radius 1 is 1.43 bits per heavy atom. The van der Waals surface area contributed by atoms with Gasteiger partial charge in [-0.15, -0.1) is 0 Å². The molecule has 1 saturated heterocycles. The zero-order valence-electron chi connectivity index (χ0n) is 8.36. The molecule has 1 aromatic carbocycles. The van der Waals surface area contributed by atoms with E-state index in [0.29, 0.717) is 12.1 Å². The molecule has 3 heteroatoms. The molecule has 0 aromatic heterocycles. The summed E-state index contributed by atoms with van der Waals surface area (Å²) in [6.07, 6.45) is 2.70. The van der Waals surface area contributed by atoms with Crippen LogP contribution >= 0.6 is 0 Å². The van der Waals surface area contributed by atoms with Crippen LogP contribution in [0.4, 0.5) is 0 Å². The number of fused-ring (bicyclic) bond motifs is 3. The molecule has 72 valence electrons. The van der Waals surface area contributed by atoms with E-state index in [9.17, 15) is 0 Å². The summed E-state index contributed by atoms with van der Waals surface area (Å²) in [5, 5.41) is 3.49. The molecule has 0 unspecified atom stereocenters. The Hall–Kier alpha value is -0.795. The van der Waals surface area contributed by atoms with Crippen molar-refractivity contribution < 1.29 is 4.65 Å². The van der Waals surface area contributed by atoms with Gasteiger partial charge in [-0.2, -0.15) is 0 Å². The van der Waals surface area contributed by atoms with E-state index in [1.165, 1.54) is 11.1 Å². The summed E-state index contributed by atoms with van der Waals surface area (Å²) in [7, 11) is 0.205. The highest BCUT2D eigenvalue weighted by atomic mass is 16.5. The van der Waals surface area contributed by atoms with E-state index in [1.54, 1.807) is 0 Å². The van der Waals surface area contributed by atoms with Crippen molar-refractivity contribution >= 4 is 7.05 Å². The highest BCUT2D eigenvalue weighted by molar-refractivity contribution is 6.48. The number of rotatable bonds is 0. The molecule has 1 fully saturated rings. The molecule has 3 rings (SSSR count). The summed E-state index contributed by atoms with van der Waals surface area (Å²) >= 11 is 0. The van der Waals surface area contributed by atoms with Crippen LogP contribution in [-0.4, -0.2) is 13.2 Å². The van der Waals surface area contributed by atoms with Gasteiger partial charge in [0.05, 0.1) is 6.10 Å². The highest BCUT2D eigenvalue weighted by Crippen LogP contribution is 2.35. The molecule has 0 radical (unpaired) electrons. The lowest BCUT2D eigenvalue weighted by Gasteiger charge is -2.27. The number of hydrogen-bond acceptors (Lipinski definition) is 2. The first-order valence-corrected chi connectivity index (χ1v) is 5.34. The van der Waals surface area contributed by atoms with E-state index in [1.807, 2.05) is 0 Å². The molecule has 1 heterocycles. The minimum absolute atomic E-state index is 0.205. The molecule has 0 spiro atoms. The van der Waals surface area contributed by atoms with Crippen LogP contribution in [0.2, 0.25) is 6.82 Å². The third-order valence-corrected chi connectivity index (χ3v) is 3.25. The molecule has 1 aromatic rings. The predicted molar refractivity (Wildman–Crippen MR) is 57.1 cm³/mol. The minimum atomic E-state index is 0.205. The Bertz CT molecular complexity index is 355. The van der Waals surface area contributed by atoms with E-state index in [2.05, 4.69) is 36.3 Å². The Labute approximate surface area is 84.8 Å². The lowest BCUT2D eigenvalue weighted by Crippen LogP contribution is -2.29. The van der Waals surface area contributed by atoms with E-state index in [-0.39, 0.29) is 7.05 Å². The maximum absolute atomic E-state index is 5.81. The molecule has 1 N–H and O–H groups in total. The van der Waals surface area contributed by atoms with Gasteiger partial charge in [-0.25, -0.2) is 0 Å². The van der Waals surface area contributed by atoms with Gasteiger partial charge in [-0.05, 0) is 30.8 Å². The second-order valence-corrected chi connectivity index (χ2v) is 4.20. The Kier molecular flexibility index (Phi) is 1.89. The number of aryl methyl sites for hydroxylation is 1. The van der Waals surface area contributed by atoms with Crippen LogP contribution in [0.15, 0.2) is 24.3 Å². The maximum atomic E-state index is 5.81.